The van der Waals surface area contributed by atoms with Crippen LogP contribution in [0.2, 0.25) is 0 Å². The summed E-state index contributed by atoms with van der Waals surface area (Å²) in [5, 5.41) is 8.65. The van der Waals surface area contributed by atoms with Crippen molar-refractivity contribution in [3.05, 3.63) is 29.3 Å². The first-order chi connectivity index (χ1) is 9.90. The molecule has 0 spiro atoms. The summed E-state index contributed by atoms with van der Waals surface area (Å²) in [7, 11) is -3.83. The van der Waals surface area contributed by atoms with Crippen molar-refractivity contribution in [2.24, 2.45) is 0 Å². The van der Waals surface area contributed by atoms with Crippen LogP contribution in [0.3, 0.4) is 0 Å². The first kappa shape index (κ1) is 17.2. The summed E-state index contributed by atoms with van der Waals surface area (Å²) in [4.78, 5) is 11.3. The van der Waals surface area contributed by atoms with Gasteiger partial charge < -0.3 is 9.84 Å². The van der Waals surface area contributed by atoms with Crippen molar-refractivity contribution in [2.75, 3.05) is 19.8 Å². The normalized spacial score (nSPS) is 10.6. The summed E-state index contributed by atoms with van der Waals surface area (Å²) in [6, 6.07) is 4.66. The van der Waals surface area contributed by atoms with Gasteiger partial charge in [-0.05, 0) is 31.5 Å². The molecule has 0 aromatic heterocycles. The highest BCUT2D eigenvalue weighted by Gasteiger charge is 2.18. The number of ether oxygens (including phenoxy) is 1. The summed E-state index contributed by atoms with van der Waals surface area (Å²) >= 11 is 0. The van der Waals surface area contributed by atoms with Crippen molar-refractivity contribution in [1.29, 1.82) is 0 Å². The molecule has 1 aromatic rings. The lowest BCUT2D eigenvalue weighted by atomic mass is 10.1. The lowest BCUT2D eigenvalue weighted by Crippen LogP contribution is -2.31. The van der Waals surface area contributed by atoms with Gasteiger partial charge in [-0.15, -0.1) is 0 Å². The van der Waals surface area contributed by atoms with E-state index in [0.29, 0.717) is 11.1 Å². The number of aliphatic hydroxyl groups excluding tert-OH is 1. The number of esters is 1. The molecule has 0 fully saturated rings. The number of carbonyl (C=O) groups is 1. The molecule has 0 aliphatic heterocycles. The smallest absolute Gasteiger partial charge is 0.321 e. The van der Waals surface area contributed by atoms with Gasteiger partial charge in [0.2, 0.25) is 10.0 Å². The van der Waals surface area contributed by atoms with Crippen molar-refractivity contribution in [3.8, 4) is 11.8 Å². The number of aryl methyl sites for hydroxylation is 1. The van der Waals surface area contributed by atoms with Gasteiger partial charge >= 0.3 is 5.97 Å². The number of hydrogen-bond acceptors (Lipinski definition) is 5. The van der Waals surface area contributed by atoms with Crippen LogP contribution in [0, 0.1) is 18.8 Å². The zero-order valence-electron chi connectivity index (χ0n) is 11.8. The van der Waals surface area contributed by atoms with Gasteiger partial charge in [0.25, 0.3) is 0 Å². The molecule has 0 aliphatic carbocycles. The van der Waals surface area contributed by atoms with Crippen LogP contribution in [0.15, 0.2) is 23.1 Å². The third-order valence-corrected chi connectivity index (χ3v) is 4.04. The van der Waals surface area contributed by atoms with Gasteiger partial charge in [0, 0.05) is 5.56 Å². The maximum absolute atomic E-state index is 12.2. The number of aliphatic hydroxyl groups is 1. The molecule has 0 unspecified atom stereocenters. The Balaban J connectivity index is 2.99. The van der Waals surface area contributed by atoms with E-state index in [2.05, 4.69) is 21.3 Å². The molecule has 0 bridgehead atoms. The Morgan fingerprint density at radius 3 is 2.76 bits per heavy atom. The predicted octanol–water partition coefficient (Wildman–Crippen LogP) is 0.180. The minimum absolute atomic E-state index is 0.0385. The summed E-state index contributed by atoms with van der Waals surface area (Å²) in [6.07, 6.45) is 0. The highest BCUT2D eigenvalue weighted by atomic mass is 32.2. The standard InChI is InChI=1S/C14H17NO5S/c1-3-20-14(17)10-15-21(18,19)13-9-12(5-4-8-16)7-6-11(13)2/h6-7,9,15-16H,3,8,10H2,1-2H3. The fraction of sp³-hybridized carbons (Fsp3) is 0.357. The molecule has 0 radical (unpaired) electrons. The van der Waals surface area contributed by atoms with Crippen molar-refractivity contribution in [3.63, 3.8) is 0 Å². The Kier molecular flexibility index (Phi) is 6.37. The van der Waals surface area contributed by atoms with E-state index in [0.717, 1.165) is 0 Å². The van der Waals surface area contributed by atoms with Gasteiger partial charge in [-0.1, -0.05) is 17.9 Å². The Labute approximate surface area is 124 Å². The van der Waals surface area contributed by atoms with Gasteiger partial charge in [0.05, 0.1) is 11.5 Å². The molecule has 21 heavy (non-hydrogen) atoms. The molecule has 114 valence electrons. The highest BCUT2D eigenvalue weighted by Crippen LogP contribution is 2.16. The number of rotatable bonds is 5. The zero-order valence-corrected chi connectivity index (χ0v) is 12.7. The van der Waals surface area contributed by atoms with E-state index in [1.807, 2.05) is 0 Å². The Bertz CT molecular complexity index is 670. The van der Waals surface area contributed by atoms with Crippen LogP contribution in [-0.4, -0.2) is 39.3 Å². The molecule has 0 aliphatic rings. The molecule has 0 atom stereocenters. The fourth-order valence-corrected chi connectivity index (χ4v) is 2.79. The fourth-order valence-electron chi connectivity index (χ4n) is 1.55. The van der Waals surface area contributed by atoms with Crippen LogP contribution in [-0.2, 0) is 19.6 Å². The first-order valence-electron chi connectivity index (χ1n) is 6.26. The van der Waals surface area contributed by atoms with Gasteiger partial charge in [-0.3, -0.25) is 4.79 Å². The van der Waals surface area contributed by atoms with E-state index in [1.165, 1.54) is 6.07 Å². The average Bonchev–Trinajstić information content (AvgIpc) is 2.44. The molecule has 1 aromatic carbocycles. The lowest BCUT2D eigenvalue weighted by Gasteiger charge is -2.09. The van der Waals surface area contributed by atoms with E-state index in [9.17, 15) is 13.2 Å². The van der Waals surface area contributed by atoms with Crippen molar-refractivity contribution in [2.45, 2.75) is 18.7 Å². The molecular weight excluding hydrogens is 294 g/mol. The van der Waals surface area contributed by atoms with Crippen LogP contribution >= 0.6 is 0 Å². The second-order valence-corrected chi connectivity index (χ2v) is 5.81. The summed E-state index contributed by atoms with van der Waals surface area (Å²) in [5.74, 6) is 4.44. The van der Waals surface area contributed by atoms with Crippen molar-refractivity contribution < 1.29 is 23.1 Å². The molecule has 0 heterocycles. The van der Waals surface area contributed by atoms with E-state index in [1.54, 1.807) is 26.0 Å². The van der Waals surface area contributed by atoms with Gasteiger partial charge in [-0.25, -0.2) is 8.42 Å². The largest absolute Gasteiger partial charge is 0.465 e. The van der Waals surface area contributed by atoms with E-state index in [4.69, 9.17) is 5.11 Å². The Morgan fingerprint density at radius 1 is 1.43 bits per heavy atom. The molecule has 6 nitrogen and oxygen atoms in total. The topological polar surface area (TPSA) is 92.7 Å². The van der Waals surface area contributed by atoms with Gasteiger partial charge in [0.1, 0.15) is 13.2 Å². The minimum atomic E-state index is -3.83. The maximum Gasteiger partial charge on any atom is 0.321 e. The molecule has 2 N–H and O–H groups in total. The van der Waals surface area contributed by atoms with Gasteiger partial charge in [-0.2, -0.15) is 4.72 Å². The van der Waals surface area contributed by atoms with Crippen molar-refractivity contribution >= 4 is 16.0 Å². The highest BCUT2D eigenvalue weighted by molar-refractivity contribution is 7.89. The number of carbonyl (C=O) groups excluding carboxylic acids is 1. The van der Waals surface area contributed by atoms with Crippen LogP contribution in [0.5, 0.6) is 0 Å². The first-order valence-corrected chi connectivity index (χ1v) is 7.74. The van der Waals surface area contributed by atoms with Crippen LogP contribution in [0.1, 0.15) is 18.1 Å². The molecule has 7 heteroatoms. The quantitative estimate of drug-likeness (QED) is 0.598. The zero-order chi connectivity index (χ0) is 15.9. The van der Waals surface area contributed by atoms with E-state index < -0.39 is 22.5 Å². The maximum atomic E-state index is 12.2. The molecule has 0 saturated carbocycles. The monoisotopic (exact) mass is 311 g/mol. The number of sulfonamides is 1. The van der Waals surface area contributed by atoms with E-state index in [-0.39, 0.29) is 18.1 Å². The Hall–Kier alpha value is -1.88. The third-order valence-electron chi connectivity index (χ3n) is 2.50. The Morgan fingerprint density at radius 2 is 2.14 bits per heavy atom. The van der Waals surface area contributed by atoms with Crippen LogP contribution in [0.4, 0.5) is 0 Å². The second-order valence-electron chi connectivity index (χ2n) is 4.07. The van der Waals surface area contributed by atoms with Gasteiger partial charge in [0.15, 0.2) is 0 Å². The van der Waals surface area contributed by atoms with Crippen molar-refractivity contribution in [1.82, 2.24) is 4.72 Å². The summed E-state index contributed by atoms with van der Waals surface area (Å²) < 4.78 is 31.2. The third kappa shape index (κ3) is 5.19. The van der Waals surface area contributed by atoms with Crippen LogP contribution < -0.4 is 4.72 Å². The predicted molar refractivity (Wildman–Crippen MR) is 77.0 cm³/mol. The van der Waals surface area contributed by atoms with Crippen LogP contribution in [0.25, 0.3) is 0 Å². The SMILES string of the molecule is CCOC(=O)CNS(=O)(=O)c1cc(C#CCO)ccc1C. The number of nitrogens with one attached hydrogen (secondary N) is 1. The molecule has 1 rings (SSSR count). The lowest BCUT2D eigenvalue weighted by molar-refractivity contribution is -0.141. The van der Waals surface area contributed by atoms with E-state index >= 15 is 0 Å². The number of benzene rings is 1. The second kappa shape index (κ2) is 7.78. The molecule has 0 amide bonds. The number of hydrogen-bond donors (Lipinski definition) is 2. The summed E-state index contributed by atoms with van der Waals surface area (Å²) in [6.45, 7) is 2.73. The molecular formula is C14H17NO5S. The average molecular weight is 311 g/mol. The molecule has 0 saturated heterocycles. The minimum Gasteiger partial charge on any atom is -0.465 e. The summed E-state index contributed by atoms with van der Waals surface area (Å²) in [5.41, 5.74) is 0.993.